The number of Topliss-reactive ketones (excluding diaryl/α,β-unsaturated/α-hetero) is 1. The van der Waals surface area contributed by atoms with Crippen LogP contribution in [0.1, 0.15) is 64.7 Å². The first-order valence-electron chi connectivity index (χ1n) is 17.6. The third kappa shape index (κ3) is 7.31. The fraction of sp³-hybridized carbons (Fsp3) is 0.450. The predicted octanol–water partition coefficient (Wildman–Crippen LogP) is 4.85. The van der Waals surface area contributed by atoms with Crippen LogP contribution >= 0.6 is 11.6 Å². The lowest BCUT2D eigenvalue weighted by Crippen LogP contribution is -2.60. The number of rotatable bonds is 11. The van der Waals surface area contributed by atoms with Crippen molar-refractivity contribution >= 4 is 29.1 Å². The van der Waals surface area contributed by atoms with Gasteiger partial charge >= 0.3 is 5.97 Å². The van der Waals surface area contributed by atoms with Crippen molar-refractivity contribution in [1.82, 2.24) is 0 Å². The lowest BCUT2D eigenvalue weighted by Gasteiger charge is -2.51. The minimum Gasteiger partial charge on any atom is -0.496 e. The molecule has 11 heteroatoms. The maximum atomic E-state index is 12.8. The highest BCUT2D eigenvalue weighted by Gasteiger charge is 2.48. The Morgan fingerprint density at radius 2 is 1.49 bits per heavy atom. The molecule has 0 amide bonds. The second-order valence-electron chi connectivity index (χ2n) is 14.3. The molecule has 1 aliphatic heterocycles. The zero-order valence-corrected chi connectivity index (χ0v) is 29.1. The van der Waals surface area contributed by atoms with E-state index in [-0.39, 0.29) is 22.9 Å². The number of halogens is 1. The van der Waals surface area contributed by atoms with Crippen molar-refractivity contribution in [2.24, 2.45) is 23.7 Å². The van der Waals surface area contributed by atoms with Crippen molar-refractivity contribution in [3.8, 4) is 5.75 Å². The molecule has 5 aliphatic rings. The van der Waals surface area contributed by atoms with Crippen LogP contribution in [0.4, 0.5) is 0 Å². The number of aliphatic hydroxyl groups excluding tert-OH is 4. The van der Waals surface area contributed by atoms with E-state index in [0.29, 0.717) is 29.6 Å². The van der Waals surface area contributed by atoms with Crippen LogP contribution in [0.25, 0.3) is 5.76 Å². The zero-order valence-electron chi connectivity index (χ0n) is 28.3. The van der Waals surface area contributed by atoms with E-state index in [1.54, 1.807) is 37.4 Å². The van der Waals surface area contributed by atoms with Crippen LogP contribution in [0.2, 0.25) is 5.02 Å². The van der Waals surface area contributed by atoms with Gasteiger partial charge in [0.05, 0.1) is 18.7 Å². The number of hydrogen-bond donors (Lipinski definition) is 4. The Bertz CT molecular complexity index is 1740. The average Bonchev–Trinajstić information content (AvgIpc) is 3.13. The second-order valence-corrected chi connectivity index (χ2v) is 14.7. The minimum atomic E-state index is -1.62. The Morgan fingerprint density at radius 1 is 0.824 bits per heavy atom. The molecule has 1 saturated heterocycles. The van der Waals surface area contributed by atoms with Crippen LogP contribution in [0, 0.1) is 23.7 Å². The molecule has 51 heavy (non-hydrogen) atoms. The van der Waals surface area contributed by atoms with Crippen LogP contribution in [-0.4, -0.2) is 76.6 Å². The fourth-order valence-electron chi connectivity index (χ4n) is 8.66. The van der Waals surface area contributed by atoms with E-state index in [2.05, 4.69) is 0 Å². The summed E-state index contributed by atoms with van der Waals surface area (Å²) in [5.41, 5.74) is 4.50. The van der Waals surface area contributed by atoms with Gasteiger partial charge in [-0.15, -0.1) is 0 Å². The Hall–Kier alpha value is -3.77. The van der Waals surface area contributed by atoms with Crippen molar-refractivity contribution in [3.05, 3.63) is 105 Å². The summed E-state index contributed by atoms with van der Waals surface area (Å²) in [5, 5.41) is 41.5. The fourth-order valence-corrected chi connectivity index (χ4v) is 8.90. The number of carbonyl (C=O) groups is 2. The molecule has 0 aromatic heterocycles. The number of ether oxygens (including phenoxy) is 4. The monoisotopic (exact) mass is 718 g/mol. The number of carbonyl (C=O) groups excluding carboxylic acids is 2. The standard InChI is InChI=1S/C40H43ClO10/c1-48-38(32-27-13-23-12-24(15-27)16-28(32)14-23)29-17-25(18-30(33(29)41)50-40-37(46)36(45)35(44)31(19-42)51-40)11-21-7-9-26(10-8-21)34(43)39(47)49-20-22-5-3-2-4-6-22/h2-10,17-18,23-24,27-28,31,35-37,40,42,44-46H,11-16,19-20H2,1H3/t23?,24?,27?,28?,31?,35-,36?,37?,40+/m0/s1. The van der Waals surface area contributed by atoms with E-state index in [0.717, 1.165) is 54.2 Å². The minimum absolute atomic E-state index is 0.00178. The zero-order chi connectivity index (χ0) is 35.8. The molecule has 3 unspecified atom stereocenters. The SMILES string of the molecule is COC(=C1C2CC3CC(C2)CC1C3)c1cc(Cc2ccc(C(=O)C(=O)OCc3ccccc3)cc2)cc(O[C@@H]2OC(CO)[C@H](O)C(O)C2O)c1Cl. The molecule has 270 valence electrons. The second kappa shape index (κ2) is 15.1. The number of hydrogen-bond acceptors (Lipinski definition) is 10. The van der Waals surface area contributed by atoms with Crippen molar-refractivity contribution < 1.29 is 49.0 Å². The Morgan fingerprint density at radius 3 is 2.12 bits per heavy atom. The maximum absolute atomic E-state index is 12.8. The van der Waals surface area contributed by atoms with Gasteiger partial charge in [-0.05, 0) is 96.6 Å². The lowest BCUT2D eigenvalue weighted by molar-refractivity contribution is -0.277. The number of benzene rings is 3. The van der Waals surface area contributed by atoms with Crippen LogP contribution in [-0.2, 0) is 32.0 Å². The Balaban J connectivity index is 1.18. The first kappa shape index (κ1) is 35.6. The average molecular weight is 719 g/mol. The summed E-state index contributed by atoms with van der Waals surface area (Å²) in [7, 11) is 1.65. The first-order valence-corrected chi connectivity index (χ1v) is 17.9. The van der Waals surface area contributed by atoms with Gasteiger partial charge in [0.15, 0.2) is 0 Å². The Labute approximate surface area is 301 Å². The molecular weight excluding hydrogens is 676 g/mol. The molecule has 3 aromatic rings. The molecule has 3 aromatic carbocycles. The summed E-state index contributed by atoms with van der Waals surface area (Å²) in [6, 6.07) is 19.5. The third-order valence-electron chi connectivity index (χ3n) is 10.9. The molecule has 8 rings (SSSR count). The molecule has 1 heterocycles. The van der Waals surface area contributed by atoms with Gasteiger partial charge in [0, 0.05) is 11.1 Å². The highest BCUT2D eigenvalue weighted by molar-refractivity contribution is 6.40. The van der Waals surface area contributed by atoms with Gasteiger partial charge in [0.2, 0.25) is 6.29 Å². The summed E-state index contributed by atoms with van der Waals surface area (Å²) in [6.45, 7) is -0.601. The summed E-state index contributed by atoms with van der Waals surface area (Å²) >= 11 is 7.10. The quantitative estimate of drug-likeness (QED) is 0.0938. The van der Waals surface area contributed by atoms with Gasteiger partial charge in [-0.1, -0.05) is 66.2 Å². The molecule has 5 atom stereocenters. The van der Waals surface area contributed by atoms with Gasteiger partial charge in [0.25, 0.3) is 5.78 Å². The van der Waals surface area contributed by atoms with Crippen LogP contribution < -0.4 is 4.74 Å². The van der Waals surface area contributed by atoms with E-state index in [1.807, 2.05) is 36.4 Å². The summed E-state index contributed by atoms with van der Waals surface area (Å²) in [4.78, 5) is 25.3. The molecule has 5 fully saturated rings. The van der Waals surface area contributed by atoms with Crippen LogP contribution in [0.3, 0.4) is 0 Å². The van der Waals surface area contributed by atoms with Gasteiger partial charge < -0.3 is 39.4 Å². The maximum Gasteiger partial charge on any atom is 0.380 e. The lowest BCUT2D eigenvalue weighted by atomic mass is 9.54. The Kier molecular flexibility index (Phi) is 10.5. The van der Waals surface area contributed by atoms with E-state index in [4.69, 9.17) is 30.5 Å². The van der Waals surface area contributed by atoms with Crippen molar-refractivity contribution in [2.45, 2.75) is 75.8 Å². The van der Waals surface area contributed by atoms with Crippen LogP contribution in [0.5, 0.6) is 5.75 Å². The summed E-state index contributed by atoms with van der Waals surface area (Å²) in [5.74, 6) is 1.50. The van der Waals surface area contributed by atoms with Gasteiger partial charge in [-0.3, -0.25) is 4.79 Å². The van der Waals surface area contributed by atoms with Crippen molar-refractivity contribution in [1.29, 1.82) is 0 Å². The van der Waals surface area contributed by atoms with E-state index < -0.39 is 49.1 Å². The topological polar surface area (TPSA) is 152 Å². The molecule has 4 N–H and O–H groups in total. The molecule has 0 radical (unpaired) electrons. The third-order valence-corrected chi connectivity index (χ3v) is 11.3. The van der Waals surface area contributed by atoms with Crippen molar-refractivity contribution in [2.75, 3.05) is 13.7 Å². The van der Waals surface area contributed by atoms with Gasteiger partial charge in [-0.2, -0.15) is 0 Å². The molecule has 4 bridgehead atoms. The molecular formula is C40H43ClO10. The van der Waals surface area contributed by atoms with E-state index in [1.165, 1.54) is 12.0 Å². The van der Waals surface area contributed by atoms with E-state index in [9.17, 15) is 30.0 Å². The number of methoxy groups -OCH3 is 1. The largest absolute Gasteiger partial charge is 0.496 e. The number of esters is 1. The predicted molar refractivity (Wildman–Crippen MR) is 187 cm³/mol. The number of ketones is 1. The van der Waals surface area contributed by atoms with Gasteiger partial charge in [-0.25, -0.2) is 4.79 Å². The molecule has 4 aliphatic carbocycles. The van der Waals surface area contributed by atoms with E-state index >= 15 is 0 Å². The highest BCUT2D eigenvalue weighted by atomic mass is 35.5. The van der Waals surface area contributed by atoms with Crippen LogP contribution in [0.15, 0.2) is 72.3 Å². The molecule has 4 saturated carbocycles. The summed E-state index contributed by atoms with van der Waals surface area (Å²) in [6.07, 6.45) is -1.17. The van der Waals surface area contributed by atoms with Crippen molar-refractivity contribution in [3.63, 3.8) is 0 Å². The normalized spacial score (nSPS) is 29.5. The summed E-state index contributed by atoms with van der Waals surface area (Å²) < 4.78 is 23.2. The van der Waals surface area contributed by atoms with Gasteiger partial charge in [0.1, 0.15) is 42.5 Å². The molecule has 0 spiro atoms. The number of allylic oxidation sites excluding steroid dienone is 1. The molecule has 10 nitrogen and oxygen atoms in total. The first-order chi connectivity index (χ1) is 24.6. The number of aliphatic hydroxyl groups is 4. The highest BCUT2D eigenvalue weighted by Crippen LogP contribution is 2.58. The smallest absolute Gasteiger partial charge is 0.380 e.